The van der Waals surface area contributed by atoms with Gasteiger partial charge in [-0.25, -0.2) is 4.79 Å². The third-order valence-electron chi connectivity index (χ3n) is 6.22. The highest BCUT2D eigenvalue weighted by Crippen LogP contribution is 2.51. The maximum atomic E-state index is 13.2. The van der Waals surface area contributed by atoms with Gasteiger partial charge in [-0.1, -0.05) is 6.07 Å². The van der Waals surface area contributed by atoms with E-state index in [1.165, 1.54) is 16.5 Å². The molecular weight excluding hydrogens is 501 g/mol. The van der Waals surface area contributed by atoms with E-state index in [2.05, 4.69) is 9.97 Å². The van der Waals surface area contributed by atoms with Crippen molar-refractivity contribution in [2.45, 2.75) is 58.0 Å². The van der Waals surface area contributed by atoms with Crippen molar-refractivity contribution < 1.29 is 27.8 Å². The summed E-state index contributed by atoms with van der Waals surface area (Å²) >= 11 is 0. The molecule has 5 rings (SSSR count). The number of rotatable bonds is 8. The van der Waals surface area contributed by atoms with Gasteiger partial charge in [-0.05, 0) is 57.5 Å². The van der Waals surface area contributed by atoms with Crippen molar-refractivity contribution in [1.29, 1.82) is 0 Å². The Morgan fingerprint density at radius 3 is 2.54 bits per heavy atom. The summed E-state index contributed by atoms with van der Waals surface area (Å²) in [5, 5.41) is 0.923. The average molecular weight is 532 g/mol. The van der Waals surface area contributed by atoms with Crippen molar-refractivity contribution in [3.63, 3.8) is 0 Å². The van der Waals surface area contributed by atoms with Crippen LogP contribution in [0.2, 0.25) is 0 Å². The first-order valence-electron chi connectivity index (χ1n) is 12.2. The van der Waals surface area contributed by atoms with Gasteiger partial charge < -0.3 is 28.2 Å². The lowest BCUT2D eigenvalue weighted by atomic mass is 10.1. The molecule has 2 aliphatic rings. The van der Waals surface area contributed by atoms with Crippen molar-refractivity contribution in [2.24, 2.45) is 0 Å². The first kappa shape index (κ1) is 25.8. The molecule has 3 aromatic rings. The Kier molecular flexibility index (Phi) is 6.86. The normalized spacial score (nSPS) is 25.3. The molecule has 12 heteroatoms. The summed E-state index contributed by atoms with van der Waals surface area (Å²) in [5.41, 5.74) is 0.771. The maximum absolute atomic E-state index is 13.2. The number of ether oxygens (including phenoxy) is 3. The zero-order valence-electron chi connectivity index (χ0n) is 21.0. The van der Waals surface area contributed by atoms with Crippen LogP contribution in [0.3, 0.4) is 0 Å². The highest BCUT2D eigenvalue weighted by atomic mass is 31.2. The molecule has 2 saturated heterocycles. The van der Waals surface area contributed by atoms with E-state index >= 15 is 0 Å². The molecule has 0 amide bonds. The Balaban J connectivity index is 1.58. The number of aromatic amines is 2. The molecule has 2 aliphatic heterocycles. The van der Waals surface area contributed by atoms with Crippen LogP contribution in [-0.2, 0) is 27.8 Å². The van der Waals surface area contributed by atoms with Crippen LogP contribution < -0.4 is 11.2 Å². The molecule has 0 spiro atoms. The van der Waals surface area contributed by atoms with Crippen LogP contribution in [0, 0.1) is 0 Å². The zero-order valence-corrected chi connectivity index (χ0v) is 21.9. The monoisotopic (exact) mass is 531 g/mol. The first-order chi connectivity index (χ1) is 17.6. The molecule has 2 aromatic heterocycles. The van der Waals surface area contributed by atoms with Crippen LogP contribution in [0.5, 0.6) is 0 Å². The molecule has 2 N–H and O–H groups in total. The lowest BCUT2D eigenvalue weighted by Gasteiger charge is -2.25. The summed E-state index contributed by atoms with van der Waals surface area (Å²) in [6.45, 7) is 7.40. The fraction of sp³-hybridized carbons (Fsp3) is 0.440. The summed E-state index contributed by atoms with van der Waals surface area (Å²) in [4.78, 5) is 31.0. The minimum Gasteiger partial charge on any atom is -0.361 e. The number of hydrogen-bond donors (Lipinski definition) is 2. The summed E-state index contributed by atoms with van der Waals surface area (Å²) in [7, 11) is -3.50. The number of H-pyrrole nitrogens is 2. The number of benzene rings is 1. The quantitative estimate of drug-likeness (QED) is 0.419. The summed E-state index contributed by atoms with van der Waals surface area (Å²) in [6, 6.07) is 8.85. The molecule has 4 heterocycles. The van der Waals surface area contributed by atoms with Crippen molar-refractivity contribution in [2.75, 3.05) is 13.2 Å². The van der Waals surface area contributed by atoms with Gasteiger partial charge in [0.15, 0.2) is 12.0 Å². The van der Waals surface area contributed by atoms with Crippen molar-refractivity contribution in [3.05, 3.63) is 69.3 Å². The third-order valence-corrected chi connectivity index (χ3v) is 7.99. The second-order valence-electron chi connectivity index (χ2n) is 9.25. The van der Waals surface area contributed by atoms with Crippen molar-refractivity contribution in [1.82, 2.24) is 14.5 Å². The molecule has 4 atom stereocenters. The van der Waals surface area contributed by atoms with Crippen LogP contribution in [-0.4, -0.2) is 51.8 Å². The molecule has 198 valence electrons. The number of fused-ring (bicyclic) bond motifs is 2. The molecule has 1 aromatic carbocycles. The maximum Gasteiger partial charge on any atom is 0.353 e. The molecule has 11 nitrogen and oxygen atoms in total. The second kappa shape index (κ2) is 9.83. The van der Waals surface area contributed by atoms with E-state index in [0.29, 0.717) is 11.3 Å². The van der Waals surface area contributed by atoms with E-state index in [9.17, 15) is 14.2 Å². The van der Waals surface area contributed by atoms with Gasteiger partial charge in [0.2, 0.25) is 0 Å². The van der Waals surface area contributed by atoms with Gasteiger partial charge in [0.05, 0.1) is 18.9 Å². The van der Waals surface area contributed by atoms with E-state index in [-0.39, 0.29) is 13.2 Å². The molecule has 37 heavy (non-hydrogen) atoms. The van der Waals surface area contributed by atoms with Gasteiger partial charge in [-0.3, -0.25) is 18.9 Å². The standard InChI is InChI=1S/C25H30N3O8P/c1-5-32-37(31,33-6-2)12-10-19-21-22(36-25(3,4)35-21)23(34-19)28-18(14-20(29)27-24(28)30)16-7-8-17-15(13-16)9-11-26-17/h7-14,19,21-23,26H,5-6H2,1-4H3,(H,27,29,30)/b12-10+/t19-,21-,22-,23-/m1/s1. The summed E-state index contributed by atoms with van der Waals surface area (Å²) < 4.78 is 43.6. The fourth-order valence-electron chi connectivity index (χ4n) is 4.84. The molecule has 0 bridgehead atoms. The first-order valence-corrected chi connectivity index (χ1v) is 13.8. The van der Waals surface area contributed by atoms with Crippen LogP contribution in [0.15, 0.2) is 58.0 Å². The third kappa shape index (κ3) is 5.03. The minimum atomic E-state index is -3.50. The average Bonchev–Trinajstić information content (AvgIpc) is 3.50. The lowest BCUT2D eigenvalue weighted by molar-refractivity contribution is -0.191. The fourth-order valence-corrected chi connectivity index (χ4v) is 6.18. The molecule has 0 radical (unpaired) electrons. The molecule has 0 aliphatic carbocycles. The number of nitrogens with one attached hydrogen (secondary N) is 2. The Bertz CT molecular complexity index is 1480. The predicted molar refractivity (Wildman–Crippen MR) is 136 cm³/mol. The van der Waals surface area contributed by atoms with Crippen LogP contribution in [0.25, 0.3) is 22.2 Å². The lowest BCUT2D eigenvalue weighted by Crippen LogP contribution is -2.38. The molecule has 2 fully saturated rings. The van der Waals surface area contributed by atoms with E-state index < -0.39 is 49.2 Å². The van der Waals surface area contributed by atoms with Gasteiger partial charge >= 0.3 is 13.3 Å². The number of nitrogens with zero attached hydrogens (tertiary/aromatic N) is 1. The van der Waals surface area contributed by atoms with Gasteiger partial charge in [0, 0.05) is 29.0 Å². The van der Waals surface area contributed by atoms with Gasteiger partial charge in [-0.2, -0.15) is 0 Å². The molecule has 0 saturated carbocycles. The highest BCUT2D eigenvalue weighted by Gasteiger charge is 2.56. The van der Waals surface area contributed by atoms with Gasteiger partial charge in [0.1, 0.15) is 18.3 Å². The molecular formula is C25H30N3O8P. The Morgan fingerprint density at radius 1 is 1.08 bits per heavy atom. The van der Waals surface area contributed by atoms with E-state index in [4.69, 9.17) is 23.3 Å². The topological polar surface area (TPSA) is 134 Å². The summed E-state index contributed by atoms with van der Waals surface area (Å²) in [5.74, 6) is 0.401. The predicted octanol–water partition coefficient (Wildman–Crippen LogP) is 3.88. The van der Waals surface area contributed by atoms with E-state index in [0.717, 1.165) is 10.9 Å². The van der Waals surface area contributed by atoms with Crippen LogP contribution >= 0.6 is 7.60 Å². The van der Waals surface area contributed by atoms with E-state index in [1.54, 1.807) is 33.8 Å². The van der Waals surface area contributed by atoms with Crippen LogP contribution in [0.4, 0.5) is 0 Å². The highest BCUT2D eigenvalue weighted by molar-refractivity contribution is 7.57. The zero-order chi connectivity index (χ0) is 26.4. The Hall–Kier alpha value is -2.79. The van der Waals surface area contributed by atoms with Gasteiger partial charge in [0.25, 0.3) is 5.56 Å². The second-order valence-corrected chi connectivity index (χ2v) is 11.1. The Labute approximate surface area is 212 Å². The minimum absolute atomic E-state index is 0.204. The van der Waals surface area contributed by atoms with Gasteiger partial charge in [-0.15, -0.1) is 0 Å². The van der Waals surface area contributed by atoms with Crippen LogP contribution in [0.1, 0.15) is 33.9 Å². The van der Waals surface area contributed by atoms with E-state index in [1.807, 2.05) is 30.5 Å². The SMILES string of the molecule is CCOP(=O)(/C=C/[C@H]1O[C@@H](n2c(-c3ccc4[nH]ccc4c3)cc(=O)[nH]c2=O)[C@@H]2OC(C)(C)O[C@@H]21)OCC. The molecule has 0 unspecified atom stereocenters. The summed E-state index contributed by atoms with van der Waals surface area (Å²) in [6.07, 6.45) is 0.395. The van der Waals surface area contributed by atoms with Crippen molar-refractivity contribution in [3.8, 4) is 11.3 Å². The smallest absolute Gasteiger partial charge is 0.353 e. The Morgan fingerprint density at radius 2 is 1.81 bits per heavy atom. The number of aromatic nitrogens is 3. The number of hydrogen-bond acceptors (Lipinski definition) is 8. The van der Waals surface area contributed by atoms with Crippen molar-refractivity contribution >= 4 is 18.5 Å². The largest absolute Gasteiger partial charge is 0.361 e.